The normalized spacial score (nSPS) is 11.7. The first-order valence-corrected chi connectivity index (χ1v) is 12.6. The third-order valence-corrected chi connectivity index (χ3v) is 7.28. The molecule has 3 aromatic rings. The van der Waals surface area contributed by atoms with Crippen LogP contribution in [0.2, 0.25) is 0 Å². The molecule has 0 aliphatic rings. The second-order valence-corrected chi connectivity index (χ2v) is 10.4. The third kappa shape index (κ3) is 5.53. The Hall–Kier alpha value is -2.56. The molecule has 10 heteroatoms. The Labute approximate surface area is 184 Å². The fourth-order valence-corrected chi connectivity index (χ4v) is 4.91. The van der Waals surface area contributed by atoms with Gasteiger partial charge in [0, 0.05) is 15.8 Å². The number of halogens is 1. The Morgan fingerprint density at radius 3 is 1.53 bits per heavy atom. The molecule has 0 aliphatic heterocycles. The molecule has 0 spiro atoms. The van der Waals surface area contributed by atoms with Gasteiger partial charge in [-0.1, -0.05) is 15.9 Å². The van der Waals surface area contributed by atoms with Gasteiger partial charge in [0.1, 0.15) is 5.75 Å². The first-order chi connectivity index (χ1) is 14.2. The molecule has 0 unspecified atom stereocenters. The molecule has 2 N–H and O–H groups in total. The average Bonchev–Trinajstić information content (AvgIpc) is 2.70. The molecule has 158 valence electrons. The minimum Gasteiger partial charge on any atom is -0.494 e. The summed E-state index contributed by atoms with van der Waals surface area (Å²) in [5.74, 6) is 0.573. The van der Waals surface area contributed by atoms with Crippen LogP contribution in [-0.2, 0) is 20.0 Å². The van der Waals surface area contributed by atoms with Crippen molar-refractivity contribution in [3.05, 3.63) is 77.3 Å². The molecule has 3 aromatic carbocycles. The summed E-state index contributed by atoms with van der Waals surface area (Å²) in [5.41, 5.74) is 0.657. The van der Waals surface area contributed by atoms with E-state index in [4.69, 9.17) is 4.74 Å². The van der Waals surface area contributed by atoms with Crippen molar-refractivity contribution < 1.29 is 21.6 Å². The lowest BCUT2D eigenvalue weighted by molar-refractivity contribution is 0.340. The number of sulfonamides is 2. The minimum atomic E-state index is -3.82. The van der Waals surface area contributed by atoms with Gasteiger partial charge in [-0.05, 0) is 79.7 Å². The summed E-state index contributed by atoms with van der Waals surface area (Å²) in [6.07, 6.45) is 0. The third-order valence-electron chi connectivity index (χ3n) is 3.96. The molecule has 0 saturated carbocycles. The van der Waals surface area contributed by atoms with E-state index < -0.39 is 20.0 Å². The monoisotopic (exact) mass is 510 g/mol. The van der Waals surface area contributed by atoms with Crippen LogP contribution in [-0.4, -0.2) is 23.4 Å². The molecular weight excluding hydrogens is 492 g/mol. The maximum atomic E-state index is 12.5. The molecule has 0 aromatic heterocycles. The van der Waals surface area contributed by atoms with Crippen LogP contribution in [0, 0.1) is 0 Å². The van der Waals surface area contributed by atoms with Gasteiger partial charge < -0.3 is 4.74 Å². The van der Waals surface area contributed by atoms with E-state index >= 15 is 0 Å². The maximum Gasteiger partial charge on any atom is 0.261 e. The Bertz CT molecular complexity index is 1210. The fraction of sp³-hybridized carbons (Fsp3) is 0.100. The lowest BCUT2D eigenvalue weighted by atomic mass is 10.3. The Morgan fingerprint density at radius 1 is 0.700 bits per heavy atom. The van der Waals surface area contributed by atoms with Gasteiger partial charge in [0.2, 0.25) is 0 Å². The smallest absolute Gasteiger partial charge is 0.261 e. The first-order valence-electron chi connectivity index (χ1n) is 8.84. The number of ether oxygens (including phenoxy) is 1. The summed E-state index contributed by atoms with van der Waals surface area (Å²) in [6, 6.07) is 18.2. The topological polar surface area (TPSA) is 102 Å². The number of anilines is 2. The lowest BCUT2D eigenvalue weighted by Crippen LogP contribution is -2.14. The fourth-order valence-electron chi connectivity index (χ4n) is 2.53. The van der Waals surface area contributed by atoms with Crippen LogP contribution < -0.4 is 14.2 Å². The van der Waals surface area contributed by atoms with E-state index in [1.54, 1.807) is 36.4 Å². The number of nitrogens with one attached hydrogen (secondary N) is 2. The van der Waals surface area contributed by atoms with Gasteiger partial charge in [0.25, 0.3) is 20.0 Å². The number of rotatable bonds is 8. The summed E-state index contributed by atoms with van der Waals surface area (Å²) in [7, 11) is -7.63. The molecule has 0 heterocycles. The highest BCUT2D eigenvalue weighted by Gasteiger charge is 2.17. The largest absolute Gasteiger partial charge is 0.494 e. The standard InChI is InChI=1S/C20H19BrN2O5S2/c1-2-28-18-9-13-20(14-10-18)30(26,27)23-17-7-11-19(12-8-17)29(24,25)22-16-5-3-15(21)4-6-16/h3-14,22-23H,2H2,1H3. The zero-order valence-electron chi connectivity index (χ0n) is 15.9. The first kappa shape index (κ1) is 22.1. The van der Waals surface area contributed by atoms with Crippen LogP contribution in [0.3, 0.4) is 0 Å². The van der Waals surface area contributed by atoms with Crippen molar-refractivity contribution >= 4 is 47.4 Å². The highest BCUT2D eigenvalue weighted by molar-refractivity contribution is 9.10. The highest BCUT2D eigenvalue weighted by Crippen LogP contribution is 2.22. The van der Waals surface area contributed by atoms with E-state index in [0.717, 1.165) is 4.47 Å². The quantitative estimate of drug-likeness (QED) is 0.466. The molecule has 0 saturated heterocycles. The van der Waals surface area contributed by atoms with Crippen LogP contribution in [0.25, 0.3) is 0 Å². The number of benzene rings is 3. The van der Waals surface area contributed by atoms with Crippen LogP contribution in [0.15, 0.2) is 87.1 Å². The summed E-state index contributed by atoms with van der Waals surface area (Å²) in [5, 5.41) is 0. The maximum absolute atomic E-state index is 12.5. The molecule has 0 atom stereocenters. The van der Waals surface area contributed by atoms with Gasteiger partial charge in [-0.3, -0.25) is 9.44 Å². The van der Waals surface area contributed by atoms with Gasteiger partial charge in [-0.2, -0.15) is 0 Å². The van der Waals surface area contributed by atoms with Crippen molar-refractivity contribution in [2.24, 2.45) is 0 Å². The summed E-state index contributed by atoms with van der Waals surface area (Å²) < 4.78 is 61.1. The summed E-state index contributed by atoms with van der Waals surface area (Å²) in [4.78, 5) is 0.0778. The van der Waals surface area contributed by atoms with E-state index in [0.29, 0.717) is 18.0 Å². The van der Waals surface area contributed by atoms with E-state index in [1.165, 1.54) is 36.4 Å². The summed E-state index contributed by atoms with van der Waals surface area (Å²) >= 11 is 3.29. The molecule has 30 heavy (non-hydrogen) atoms. The summed E-state index contributed by atoms with van der Waals surface area (Å²) in [6.45, 7) is 2.32. The van der Waals surface area contributed by atoms with Crippen molar-refractivity contribution in [2.45, 2.75) is 16.7 Å². The van der Waals surface area contributed by atoms with Crippen LogP contribution in [0.4, 0.5) is 11.4 Å². The Balaban J connectivity index is 1.73. The van der Waals surface area contributed by atoms with Gasteiger partial charge in [-0.25, -0.2) is 16.8 Å². The zero-order chi connectivity index (χ0) is 21.8. The molecule has 0 radical (unpaired) electrons. The predicted octanol–water partition coefficient (Wildman–Crippen LogP) is 4.45. The highest BCUT2D eigenvalue weighted by atomic mass is 79.9. The van der Waals surface area contributed by atoms with Crippen molar-refractivity contribution in [3.63, 3.8) is 0 Å². The van der Waals surface area contributed by atoms with Crippen LogP contribution in [0.1, 0.15) is 6.92 Å². The molecule has 0 bridgehead atoms. The van der Waals surface area contributed by atoms with Gasteiger partial charge in [0.15, 0.2) is 0 Å². The molecule has 3 rings (SSSR count). The van der Waals surface area contributed by atoms with Crippen molar-refractivity contribution in [1.29, 1.82) is 0 Å². The molecular formula is C20H19BrN2O5S2. The SMILES string of the molecule is CCOc1ccc(S(=O)(=O)Nc2ccc(S(=O)(=O)Nc3ccc(Br)cc3)cc2)cc1. The van der Waals surface area contributed by atoms with E-state index in [-0.39, 0.29) is 15.5 Å². The van der Waals surface area contributed by atoms with E-state index in [9.17, 15) is 16.8 Å². The molecule has 7 nitrogen and oxygen atoms in total. The van der Waals surface area contributed by atoms with Gasteiger partial charge >= 0.3 is 0 Å². The Kier molecular flexibility index (Phi) is 6.69. The predicted molar refractivity (Wildman–Crippen MR) is 120 cm³/mol. The second-order valence-electron chi connectivity index (χ2n) is 6.15. The van der Waals surface area contributed by atoms with Crippen molar-refractivity contribution in [3.8, 4) is 5.75 Å². The van der Waals surface area contributed by atoms with Crippen LogP contribution >= 0.6 is 15.9 Å². The van der Waals surface area contributed by atoms with E-state index in [1.807, 2.05) is 6.92 Å². The van der Waals surface area contributed by atoms with Gasteiger partial charge in [0.05, 0.1) is 16.4 Å². The average molecular weight is 511 g/mol. The van der Waals surface area contributed by atoms with Crippen LogP contribution in [0.5, 0.6) is 5.75 Å². The van der Waals surface area contributed by atoms with Crippen molar-refractivity contribution in [2.75, 3.05) is 16.1 Å². The van der Waals surface area contributed by atoms with E-state index in [2.05, 4.69) is 25.4 Å². The molecule has 0 aliphatic carbocycles. The zero-order valence-corrected chi connectivity index (χ0v) is 19.1. The van der Waals surface area contributed by atoms with Gasteiger partial charge in [-0.15, -0.1) is 0 Å². The van der Waals surface area contributed by atoms with Crippen molar-refractivity contribution in [1.82, 2.24) is 0 Å². The second kappa shape index (κ2) is 9.07. The molecule has 0 amide bonds. The molecule has 0 fully saturated rings. The number of hydrogen-bond acceptors (Lipinski definition) is 5. The number of hydrogen-bond donors (Lipinski definition) is 2. The minimum absolute atomic E-state index is 0.00874. The lowest BCUT2D eigenvalue weighted by Gasteiger charge is -2.11. The Morgan fingerprint density at radius 2 is 1.10 bits per heavy atom.